The molecule has 0 saturated carbocycles. The topological polar surface area (TPSA) is 101 Å². The zero-order valence-electron chi connectivity index (χ0n) is 12.1. The van der Waals surface area contributed by atoms with E-state index in [1.54, 1.807) is 26.0 Å². The molecule has 0 aliphatic heterocycles. The van der Waals surface area contributed by atoms with Crippen LogP contribution in [0.4, 0.5) is 5.69 Å². The van der Waals surface area contributed by atoms with Crippen molar-refractivity contribution in [3.8, 4) is 0 Å². The Balaban J connectivity index is 1.80. The van der Waals surface area contributed by atoms with Crippen molar-refractivity contribution in [1.82, 2.24) is 15.1 Å². The number of anilines is 1. The number of carbonyl (C=O) groups excluding carboxylic acids is 1. The molecular weight excluding hydrogens is 284 g/mol. The molecule has 7 heteroatoms. The van der Waals surface area contributed by atoms with Crippen LogP contribution in [0.1, 0.15) is 17.3 Å². The lowest BCUT2D eigenvalue weighted by Gasteiger charge is -2.06. The van der Waals surface area contributed by atoms with Crippen molar-refractivity contribution < 1.29 is 9.32 Å². The van der Waals surface area contributed by atoms with Crippen LogP contribution in [0.5, 0.6) is 0 Å². The molecule has 7 nitrogen and oxygen atoms in total. The minimum Gasteiger partial charge on any atom is -0.340 e. The molecular formula is C15H14N4O3. The molecule has 3 aromatic rings. The smallest absolute Gasteiger partial charge is 0.251 e. The van der Waals surface area contributed by atoms with E-state index >= 15 is 0 Å². The van der Waals surface area contributed by atoms with E-state index in [4.69, 9.17) is 4.52 Å². The van der Waals surface area contributed by atoms with Crippen molar-refractivity contribution in [3.63, 3.8) is 0 Å². The summed E-state index contributed by atoms with van der Waals surface area (Å²) in [6, 6.07) is 7.14. The molecule has 0 aliphatic carbocycles. The van der Waals surface area contributed by atoms with Gasteiger partial charge >= 0.3 is 0 Å². The summed E-state index contributed by atoms with van der Waals surface area (Å²) in [7, 11) is 0. The summed E-state index contributed by atoms with van der Waals surface area (Å²) < 4.78 is 4.82. The van der Waals surface area contributed by atoms with Gasteiger partial charge in [-0.05, 0) is 30.5 Å². The fourth-order valence-corrected chi connectivity index (χ4v) is 2.15. The number of pyridine rings is 1. The summed E-state index contributed by atoms with van der Waals surface area (Å²) in [5, 5.41) is 7.32. The maximum absolute atomic E-state index is 11.9. The van der Waals surface area contributed by atoms with Gasteiger partial charge in [0, 0.05) is 18.2 Å². The number of aromatic amines is 1. The normalized spacial score (nSPS) is 10.8. The molecule has 0 spiro atoms. The number of nitrogens with zero attached hydrogens (tertiary/aromatic N) is 2. The molecule has 1 aromatic carbocycles. The number of benzene rings is 1. The molecule has 2 aromatic heterocycles. The largest absolute Gasteiger partial charge is 0.340 e. The van der Waals surface area contributed by atoms with Crippen LogP contribution in [0, 0.1) is 13.8 Å². The monoisotopic (exact) mass is 298 g/mol. The number of hydrogen-bond donors (Lipinski definition) is 2. The Morgan fingerprint density at radius 3 is 2.86 bits per heavy atom. The van der Waals surface area contributed by atoms with Crippen LogP contribution in [0.2, 0.25) is 0 Å². The molecule has 0 fully saturated rings. The summed E-state index contributed by atoms with van der Waals surface area (Å²) in [6.07, 6.45) is 0.0276. The van der Waals surface area contributed by atoms with Gasteiger partial charge in [0.05, 0.1) is 11.9 Å². The van der Waals surface area contributed by atoms with Gasteiger partial charge in [-0.15, -0.1) is 0 Å². The SMILES string of the molecule is Cc1nc(CC(=O)Nc2ccc3cc(C)c(=O)[nH]c3c2)no1. The van der Waals surface area contributed by atoms with Crippen LogP contribution in [-0.4, -0.2) is 21.0 Å². The highest BCUT2D eigenvalue weighted by molar-refractivity contribution is 5.94. The second-order valence-corrected chi connectivity index (χ2v) is 5.04. The Labute approximate surface area is 125 Å². The van der Waals surface area contributed by atoms with Crippen molar-refractivity contribution in [3.05, 3.63) is 51.9 Å². The van der Waals surface area contributed by atoms with E-state index in [0.29, 0.717) is 28.5 Å². The molecule has 22 heavy (non-hydrogen) atoms. The van der Waals surface area contributed by atoms with Crippen molar-refractivity contribution in [2.75, 3.05) is 5.32 Å². The first-order valence-electron chi connectivity index (χ1n) is 6.74. The lowest BCUT2D eigenvalue weighted by molar-refractivity contribution is -0.115. The van der Waals surface area contributed by atoms with E-state index in [1.807, 2.05) is 12.1 Å². The van der Waals surface area contributed by atoms with Gasteiger partial charge in [-0.3, -0.25) is 9.59 Å². The Morgan fingerprint density at radius 2 is 2.14 bits per heavy atom. The maximum Gasteiger partial charge on any atom is 0.251 e. The standard InChI is InChI=1S/C15H14N4O3/c1-8-5-10-3-4-11(6-12(10)18-15(8)21)17-14(20)7-13-16-9(2)22-19-13/h3-6H,7H2,1-2H3,(H,17,20)(H,18,21). The molecule has 1 amide bonds. The molecule has 112 valence electrons. The lowest BCUT2D eigenvalue weighted by atomic mass is 10.1. The Morgan fingerprint density at radius 1 is 1.32 bits per heavy atom. The summed E-state index contributed by atoms with van der Waals surface area (Å²) in [5.41, 5.74) is 1.77. The van der Waals surface area contributed by atoms with Gasteiger partial charge in [-0.25, -0.2) is 0 Å². The van der Waals surface area contributed by atoms with E-state index in [1.165, 1.54) is 0 Å². The first-order valence-corrected chi connectivity index (χ1v) is 6.74. The second-order valence-electron chi connectivity index (χ2n) is 5.04. The third-order valence-corrected chi connectivity index (χ3v) is 3.20. The number of hydrogen-bond acceptors (Lipinski definition) is 5. The highest BCUT2D eigenvalue weighted by Gasteiger charge is 2.10. The van der Waals surface area contributed by atoms with E-state index in [9.17, 15) is 9.59 Å². The minimum absolute atomic E-state index is 0.0276. The molecule has 2 heterocycles. The number of aromatic nitrogens is 3. The second kappa shape index (κ2) is 5.44. The number of aryl methyl sites for hydroxylation is 2. The minimum atomic E-state index is -0.255. The third kappa shape index (κ3) is 2.88. The molecule has 2 N–H and O–H groups in total. The van der Waals surface area contributed by atoms with E-state index in [-0.39, 0.29) is 17.9 Å². The summed E-state index contributed by atoms with van der Waals surface area (Å²) in [6.45, 7) is 3.41. The first-order chi connectivity index (χ1) is 10.5. The molecule has 0 saturated heterocycles. The van der Waals surface area contributed by atoms with Crippen LogP contribution >= 0.6 is 0 Å². The average molecular weight is 298 g/mol. The first kappa shape index (κ1) is 14.0. The zero-order chi connectivity index (χ0) is 15.7. The third-order valence-electron chi connectivity index (χ3n) is 3.20. The molecule has 0 atom stereocenters. The highest BCUT2D eigenvalue weighted by Crippen LogP contribution is 2.17. The van der Waals surface area contributed by atoms with Crippen molar-refractivity contribution in [2.45, 2.75) is 20.3 Å². The van der Waals surface area contributed by atoms with Gasteiger partial charge < -0.3 is 14.8 Å². The van der Waals surface area contributed by atoms with Crippen molar-refractivity contribution in [1.29, 1.82) is 0 Å². The Kier molecular flexibility index (Phi) is 3.46. The molecule has 3 rings (SSSR count). The maximum atomic E-state index is 11.9. The molecule has 0 radical (unpaired) electrons. The number of fused-ring (bicyclic) bond motifs is 1. The number of amides is 1. The fraction of sp³-hybridized carbons (Fsp3) is 0.200. The van der Waals surface area contributed by atoms with Gasteiger partial charge in [0.1, 0.15) is 0 Å². The van der Waals surface area contributed by atoms with Crippen LogP contribution in [-0.2, 0) is 11.2 Å². The number of rotatable bonds is 3. The molecule has 0 aliphatic rings. The van der Waals surface area contributed by atoms with E-state index in [2.05, 4.69) is 20.4 Å². The quantitative estimate of drug-likeness (QED) is 0.766. The number of carbonyl (C=O) groups is 1. The predicted molar refractivity (Wildman–Crippen MR) is 80.7 cm³/mol. The Hall–Kier alpha value is -2.96. The zero-order valence-corrected chi connectivity index (χ0v) is 12.1. The lowest BCUT2D eigenvalue weighted by Crippen LogP contribution is -2.15. The van der Waals surface area contributed by atoms with Crippen LogP contribution in [0.15, 0.2) is 33.6 Å². The van der Waals surface area contributed by atoms with Gasteiger partial charge in [-0.2, -0.15) is 4.98 Å². The number of nitrogens with one attached hydrogen (secondary N) is 2. The van der Waals surface area contributed by atoms with Crippen LogP contribution in [0.25, 0.3) is 10.9 Å². The van der Waals surface area contributed by atoms with Crippen LogP contribution < -0.4 is 10.9 Å². The molecule has 0 unspecified atom stereocenters. The van der Waals surface area contributed by atoms with Gasteiger partial charge in [0.25, 0.3) is 5.56 Å². The van der Waals surface area contributed by atoms with Gasteiger partial charge in [0.15, 0.2) is 5.82 Å². The summed E-state index contributed by atoms with van der Waals surface area (Å²) in [5.74, 6) is 0.496. The fourth-order valence-electron chi connectivity index (χ4n) is 2.15. The van der Waals surface area contributed by atoms with Crippen LogP contribution in [0.3, 0.4) is 0 Å². The predicted octanol–water partition coefficient (Wildman–Crippen LogP) is 1.71. The molecule has 0 bridgehead atoms. The van der Waals surface area contributed by atoms with E-state index < -0.39 is 0 Å². The van der Waals surface area contributed by atoms with Crippen molar-refractivity contribution in [2.24, 2.45) is 0 Å². The average Bonchev–Trinajstić information content (AvgIpc) is 2.85. The van der Waals surface area contributed by atoms with Gasteiger partial charge in [0.2, 0.25) is 11.8 Å². The van der Waals surface area contributed by atoms with Gasteiger partial charge in [-0.1, -0.05) is 11.2 Å². The van der Waals surface area contributed by atoms with Crippen molar-refractivity contribution >= 4 is 22.5 Å². The Bertz CT molecular complexity index is 911. The highest BCUT2D eigenvalue weighted by atomic mass is 16.5. The summed E-state index contributed by atoms with van der Waals surface area (Å²) in [4.78, 5) is 30.3. The number of H-pyrrole nitrogens is 1. The summed E-state index contributed by atoms with van der Waals surface area (Å²) >= 11 is 0. The van der Waals surface area contributed by atoms with E-state index in [0.717, 1.165) is 5.39 Å².